The molecular formula is C12H10Cl5NO4. The molecular weight excluding hydrogens is 399 g/mol. The highest BCUT2D eigenvalue weighted by atomic mass is 35.5. The number of hydrogen-bond donors (Lipinski definition) is 0. The van der Waals surface area contributed by atoms with Gasteiger partial charge in [-0.15, -0.1) is 0 Å². The molecule has 0 aliphatic heterocycles. The van der Waals surface area contributed by atoms with Crippen LogP contribution in [0.25, 0.3) is 0 Å². The minimum Gasteiger partial charge on any atom is -0.464 e. The quantitative estimate of drug-likeness (QED) is 0.315. The third-order valence-electron chi connectivity index (χ3n) is 2.46. The minimum absolute atomic E-state index is 0.0332. The second-order valence-electron chi connectivity index (χ2n) is 3.80. The minimum atomic E-state index is -2.45. The number of carbonyl (C=O) groups is 2. The average Bonchev–Trinajstić information content (AvgIpc) is 2.45. The number of alkyl halides is 1. The van der Waals surface area contributed by atoms with Crippen molar-refractivity contribution in [2.45, 2.75) is 18.7 Å². The van der Waals surface area contributed by atoms with Crippen LogP contribution < -0.4 is 0 Å². The molecule has 122 valence electrons. The van der Waals surface area contributed by atoms with Crippen molar-refractivity contribution in [3.8, 4) is 0 Å². The Morgan fingerprint density at radius 3 is 1.64 bits per heavy atom. The first-order valence-electron chi connectivity index (χ1n) is 5.95. The maximum Gasteiger partial charge on any atom is 0.343 e. The summed E-state index contributed by atoms with van der Waals surface area (Å²) in [4.78, 5) is 25.7. The summed E-state index contributed by atoms with van der Waals surface area (Å²) in [6.45, 7) is 3.01. The second kappa shape index (κ2) is 7.88. The van der Waals surface area contributed by atoms with E-state index in [1.807, 2.05) is 0 Å². The highest BCUT2D eigenvalue weighted by molar-refractivity contribution is 6.52. The van der Waals surface area contributed by atoms with Gasteiger partial charge in [-0.25, -0.2) is 14.6 Å². The lowest BCUT2D eigenvalue weighted by molar-refractivity contribution is -0.159. The van der Waals surface area contributed by atoms with E-state index < -0.39 is 16.8 Å². The van der Waals surface area contributed by atoms with Crippen LogP contribution in [0.1, 0.15) is 19.4 Å². The summed E-state index contributed by atoms with van der Waals surface area (Å²) >= 11 is 29.8. The van der Waals surface area contributed by atoms with Gasteiger partial charge >= 0.3 is 11.9 Å². The maximum absolute atomic E-state index is 12.2. The van der Waals surface area contributed by atoms with Crippen LogP contribution in [0.3, 0.4) is 0 Å². The lowest BCUT2D eigenvalue weighted by Gasteiger charge is -2.25. The van der Waals surface area contributed by atoms with E-state index in [1.54, 1.807) is 0 Å². The molecule has 22 heavy (non-hydrogen) atoms. The zero-order valence-corrected chi connectivity index (χ0v) is 15.2. The van der Waals surface area contributed by atoms with E-state index >= 15 is 0 Å². The van der Waals surface area contributed by atoms with Gasteiger partial charge in [0.1, 0.15) is 10.3 Å². The van der Waals surface area contributed by atoms with Gasteiger partial charge in [-0.1, -0.05) is 58.0 Å². The Kier molecular flexibility index (Phi) is 7.02. The van der Waals surface area contributed by atoms with Crippen LogP contribution in [0.15, 0.2) is 0 Å². The number of carbonyl (C=O) groups excluding carboxylic acids is 2. The summed E-state index contributed by atoms with van der Waals surface area (Å²) in [5.41, 5.74) is -0.334. The summed E-state index contributed by atoms with van der Waals surface area (Å²) < 4.78 is 9.65. The van der Waals surface area contributed by atoms with Gasteiger partial charge in [0.05, 0.1) is 23.3 Å². The smallest absolute Gasteiger partial charge is 0.343 e. The van der Waals surface area contributed by atoms with Gasteiger partial charge < -0.3 is 9.47 Å². The van der Waals surface area contributed by atoms with E-state index in [0.717, 1.165) is 0 Å². The van der Waals surface area contributed by atoms with Gasteiger partial charge in [0.25, 0.3) is 4.87 Å². The molecule has 1 aromatic heterocycles. The van der Waals surface area contributed by atoms with Crippen LogP contribution in [-0.4, -0.2) is 30.1 Å². The van der Waals surface area contributed by atoms with Crippen LogP contribution in [0.4, 0.5) is 0 Å². The van der Waals surface area contributed by atoms with E-state index in [4.69, 9.17) is 67.5 Å². The molecule has 1 rings (SSSR count). The Morgan fingerprint density at radius 2 is 1.32 bits per heavy atom. The Morgan fingerprint density at radius 1 is 0.955 bits per heavy atom. The number of esters is 2. The average molecular weight is 409 g/mol. The molecule has 0 radical (unpaired) electrons. The first-order valence-corrected chi connectivity index (χ1v) is 7.84. The number of ether oxygens (including phenoxy) is 2. The maximum atomic E-state index is 12.2. The Balaban J connectivity index is 3.66. The van der Waals surface area contributed by atoms with Crippen molar-refractivity contribution in [2.75, 3.05) is 13.2 Å². The summed E-state index contributed by atoms with van der Waals surface area (Å²) in [7, 11) is 0. The fourth-order valence-electron chi connectivity index (χ4n) is 1.54. The number of pyridine rings is 1. The van der Waals surface area contributed by atoms with E-state index in [9.17, 15) is 9.59 Å². The standard InChI is InChI=1S/C12H10Cl5NO4/c1-3-21-10(19)12(17,11(20)22-4-2)5-6(13)8(15)18-9(16)7(5)14/h3-4H2,1-2H3. The Labute approximate surface area is 151 Å². The van der Waals surface area contributed by atoms with Crippen LogP contribution in [-0.2, 0) is 23.9 Å². The van der Waals surface area contributed by atoms with Gasteiger partial charge in [0.2, 0.25) is 0 Å². The van der Waals surface area contributed by atoms with Crippen LogP contribution in [0, 0.1) is 0 Å². The van der Waals surface area contributed by atoms with Crippen molar-refractivity contribution in [2.24, 2.45) is 0 Å². The van der Waals surface area contributed by atoms with Gasteiger partial charge in [-0.3, -0.25) is 0 Å². The first kappa shape index (κ1) is 19.6. The molecule has 0 N–H and O–H groups in total. The Hall–Kier alpha value is -0.460. The third kappa shape index (κ3) is 3.54. The molecule has 0 amide bonds. The van der Waals surface area contributed by atoms with Crippen LogP contribution in [0.5, 0.6) is 0 Å². The van der Waals surface area contributed by atoms with Gasteiger partial charge in [0, 0.05) is 5.56 Å². The largest absolute Gasteiger partial charge is 0.464 e. The van der Waals surface area contributed by atoms with Gasteiger partial charge in [-0.05, 0) is 13.8 Å². The zero-order chi connectivity index (χ0) is 17.1. The topological polar surface area (TPSA) is 65.5 Å². The van der Waals surface area contributed by atoms with Crippen LogP contribution in [0.2, 0.25) is 20.4 Å². The number of aromatic nitrogens is 1. The predicted octanol–water partition coefficient (Wildman–Crippen LogP) is 4.26. The second-order valence-corrected chi connectivity index (χ2v) is 5.83. The lowest BCUT2D eigenvalue weighted by atomic mass is 9.99. The number of halogens is 5. The highest BCUT2D eigenvalue weighted by Gasteiger charge is 2.52. The van der Waals surface area contributed by atoms with Crippen molar-refractivity contribution >= 4 is 69.9 Å². The Bertz CT molecular complexity index is 563. The molecule has 0 fully saturated rings. The zero-order valence-electron chi connectivity index (χ0n) is 11.4. The molecule has 0 aliphatic carbocycles. The third-order valence-corrected chi connectivity index (χ3v) is 4.43. The molecule has 1 aromatic rings. The lowest BCUT2D eigenvalue weighted by Crippen LogP contribution is -2.42. The fraction of sp³-hybridized carbons (Fsp3) is 0.417. The van der Waals surface area contributed by atoms with E-state index in [0.29, 0.717) is 0 Å². The molecule has 0 saturated carbocycles. The van der Waals surface area contributed by atoms with Gasteiger partial charge in [-0.2, -0.15) is 0 Å². The van der Waals surface area contributed by atoms with Crippen molar-refractivity contribution in [1.29, 1.82) is 0 Å². The molecule has 0 saturated heterocycles. The highest BCUT2D eigenvalue weighted by Crippen LogP contribution is 2.45. The molecule has 0 spiro atoms. The van der Waals surface area contributed by atoms with E-state index in [1.165, 1.54) is 13.8 Å². The number of hydrogen-bond acceptors (Lipinski definition) is 5. The SMILES string of the molecule is CCOC(=O)C(Cl)(C(=O)OCC)c1c(Cl)c(Cl)nc(Cl)c1Cl. The predicted molar refractivity (Wildman–Crippen MR) is 85.1 cm³/mol. The molecule has 1 heterocycles. The van der Waals surface area contributed by atoms with Gasteiger partial charge in [0.15, 0.2) is 0 Å². The first-order chi connectivity index (χ1) is 10.2. The molecule has 10 heteroatoms. The molecule has 5 nitrogen and oxygen atoms in total. The summed E-state index contributed by atoms with van der Waals surface area (Å²) in [6.07, 6.45) is 0. The fourth-order valence-corrected chi connectivity index (χ4v) is 2.94. The molecule has 0 unspecified atom stereocenters. The molecule has 0 atom stereocenters. The summed E-state index contributed by atoms with van der Waals surface area (Å²) in [6, 6.07) is 0. The summed E-state index contributed by atoms with van der Waals surface area (Å²) in [5, 5.41) is -1.14. The number of rotatable bonds is 5. The van der Waals surface area contributed by atoms with Crippen LogP contribution >= 0.6 is 58.0 Å². The monoisotopic (exact) mass is 407 g/mol. The van der Waals surface area contributed by atoms with Crippen molar-refractivity contribution in [3.63, 3.8) is 0 Å². The van der Waals surface area contributed by atoms with E-state index in [2.05, 4.69) is 4.98 Å². The molecule has 0 aliphatic rings. The molecule has 0 aromatic carbocycles. The number of nitrogens with zero attached hydrogens (tertiary/aromatic N) is 1. The van der Waals surface area contributed by atoms with E-state index in [-0.39, 0.29) is 39.1 Å². The normalized spacial score (nSPS) is 11.2. The molecule has 0 bridgehead atoms. The summed E-state index contributed by atoms with van der Waals surface area (Å²) in [5.74, 6) is -2.23. The van der Waals surface area contributed by atoms with Crippen molar-refractivity contribution in [3.05, 3.63) is 25.9 Å². The van der Waals surface area contributed by atoms with Crippen molar-refractivity contribution < 1.29 is 19.1 Å². The van der Waals surface area contributed by atoms with Crippen molar-refractivity contribution in [1.82, 2.24) is 4.98 Å².